The lowest BCUT2D eigenvalue weighted by Crippen LogP contribution is -2.14. The number of para-hydroxylation sites is 1. The maximum atomic E-state index is 12.4. The minimum atomic E-state index is -0.139. The highest BCUT2D eigenvalue weighted by molar-refractivity contribution is 7.99. The van der Waals surface area contributed by atoms with Crippen LogP contribution in [0.3, 0.4) is 0 Å². The lowest BCUT2D eigenvalue weighted by atomic mass is 10.1. The molecule has 5 nitrogen and oxygen atoms in total. The maximum Gasteiger partial charge on any atom is 0.234 e. The molecular formula is C21H19ClN4OS. The number of amides is 1. The van der Waals surface area contributed by atoms with Crippen LogP contribution in [0.1, 0.15) is 18.1 Å². The van der Waals surface area contributed by atoms with Crippen LogP contribution < -0.4 is 5.32 Å². The van der Waals surface area contributed by atoms with Crippen LogP contribution in [0.15, 0.2) is 53.7 Å². The van der Waals surface area contributed by atoms with Gasteiger partial charge in [0.15, 0.2) is 10.8 Å². The normalized spacial score (nSPS) is 11.2. The Kier molecular flexibility index (Phi) is 5.24. The van der Waals surface area contributed by atoms with Gasteiger partial charge in [0, 0.05) is 0 Å². The van der Waals surface area contributed by atoms with Crippen LogP contribution >= 0.6 is 23.4 Å². The summed E-state index contributed by atoms with van der Waals surface area (Å²) >= 11 is 7.46. The van der Waals surface area contributed by atoms with E-state index in [1.165, 1.54) is 17.3 Å². The number of hydrogen-bond donors (Lipinski definition) is 1. The van der Waals surface area contributed by atoms with Crippen LogP contribution in [0.25, 0.3) is 16.6 Å². The van der Waals surface area contributed by atoms with Gasteiger partial charge in [-0.1, -0.05) is 48.5 Å². The molecule has 7 heteroatoms. The summed E-state index contributed by atoms with van der Waals surface area (Å²) in [5.41, 5.74) is 4.80. The van der Waals surface area contributed by atoms with Gasteiger partial charge in [-0.25, -0.2) is 0 Å². The number of aryl methyl sites for hydroxylation is 2. The number of carbonyl (C=O) groups is 1. The van der Waals surface area contributed by atoms with Gasteiger partial charge in [-0.05, 0) is 60.2 Å². The van der Waals surface area contributed by atoms with Gasteiger partial charge in [0.05, 0.1) is 22.0 Å². The molecule has 28 heavy (non-hydrogen) atoms. The summed E-state index contributed by atoms with van der Waals surface area (Å²) in [6.07, 6.45) is 0.985. The first-order chi connectivity index (χ1) is 13.6. The number of benzene rings is 2. The van der Waals surface area contributed by atoms with Gasteiger partial charge in [-0.3, -0.25) is 9.20 Å². The third-order valence-electron chi connectivity index (χ3n) is 4.58. The van der Waals surface area contributed by atoms with E-state index >= 15 is 0 Å². The number of nitrogens with zero attached hydrogens (tertiary/aromatic N) is 3. The van der Waals surface area contributed by atoms with E-state index in [0.717, 1.165) is 28.5 Å². The number of anilines is 1. The van der Waals surface area contributed by atoms with Crippen molar-refractivity contribution in [2.75, 3.05) is 11.1 Å². The second-order valence-corrected chi connectivity index (χ2v) is 7.88. The highest BCUT2D eigenvalue weighted by Gasteiger charge is 2.14. The van der Waals surface area contributed by atoms with E-state index in [2.05, 4.69) is 46.7 Å². The fraction of sp³-hybridized carbons (Fsp3) is 0.190. The number of halogens is 1. The van der Waals surface area contributed by atoms with E-state index < -0.39 is 0 Å². The predicted octanol–water partition coefficient (Wildman–Crippen LogP) is 5.14. The number of fused-ring (bicyclic) bond motifs is 3. The second kappa shape index (κ2) is 7.81. The van der Waals surface area contributed by atoms with Gasteiger partial charge in [0.2, 0.25) is 5.91 Å². The van der Waals surface area contributed by atoms with Gasteiger partial charge in [-0.2, -0.15) is 0 Å². The molecule has 4 aromatic rings. The summed E-state index contributed by atoms with van der Waals surface area (Å²) in [6.45, 7) is 4.17. The quantitative estimate of drug-likeness (QED) is 0.463. The SMILES string of the molecule is CCc1ccc2c(c1)cc(C)c1nnc(SCC(=O)Nc3ccccc3Cl)n12. The lowest BCUT2D eigenvalue weighted by Gasteiger charge is -2.09. The molecule has 0 bridgehead atoms. The summed E-state index contributed by atoms with van der Waals surface area (Å²) in [5.74, 6) is 0.0779. The number of aromatic nitrogens is 3. The molecule has 0 aliphatic carbocycles. The fourth-order valence-electron chi connectivity index (χ4n) is 3.16. The van der Waals surface area contributed by atoms with Crippen molar-refractivity contribution in [2.45, 2.75) is 25.4 Å². The van der Waals surface area contributed by atoms with Gasteiger partial charge < -0.3 is 5.32 Å². The van der Waals surface area contributed by atoms with E-state index in [4.69, 9.17) is 11.6 Å². The molecule has 4 rings (SSSR count). The van der Waals surface area contributed by atoms with Crippen molar-refractivity contribution >= 4 is 51.5 Å². The summed E-state index contributed by atoms with van der Waals surface area (Å²) in [4.78, 5) is 12.4. The Morgan fingerprint density at radius 3 is 2.79 bits per heavy atom. The summed E-state index contributed by atoms with van der Waals surface area (Å²) < 4.78 is 2.03. The highest BCUT2D eigenvalue weighted by atomic mass is 35.5. The summed E-state index contributed by atoms with van der Waals surface area (Å²) in [7, 11) is 0. The average molecular weight is 411 g/mol. The molecule has 0 saturated carbocycles. The molecule has 0 saturated heterocycles. The third-order valence-corrected chi connectivity index (χ3v) is 5.84. The van der Waals surface area contributed by atoms with Gasteiger partial charge >= 0.3 is 0 Å². The maximum absolute atomic E-state index is 12.4. The van der Waals surface area contributed by atoms with Crippen LogP contribution in [0.5, 0.6) is 0 Å². The van der Waals surface area contributed by atoms with Gasteiger partial charge in [0.1, 0.15) is 0 Å². The molecular weight excluding hydrogens is 392 g/mol. The van der Waals surface area contributed by atoms with Crippen LogP contribution in [0, 0.1) is 6.92 Å². The molecule has 2 aromatic carbocycles. The molecule has 2 aromatic heterocycles. The number of carbonyl (C=O) groups excluding carboxylic acids is 1. The first-order valence-electron chi connectivity index (χ1n) is 9.01. The first-order valence-corrected chi connectivity index (χ1v) is 10.4. The molecule has 2 heterocycles. The monoisotopic (exact) mass is 410 g/mol. The lowest BCUT2D eigenvalue weighted by molar-refractivity contribution is -0.113. The molecule has 1 amide bonds. The average Bonchev–Trinajstić information content (AvgIpc) is 3.13. The fourth-order valence-corrected chi connectivity index (χ4v) is 4.08. The molecule has 0 aliphatic heterocycles. The van der Waals surface area contributed by atoms with Crippen molar-refractivity contribution in [2.24, 2.45) is 0 Å². The largest absolute Gasteiger partial charge is 0.324 e. The van der Waals surface area contributed by atoms with Crippen molar-refractivity contribution in [1.29, 1.82) is 0 Å². The predicted molar refractivity (Wildman–Crippen MR) is 115 cm³/mol. The van der Waals surface area contributed by atoms with Crippen molar-refractivity contribution in [3.8, 4) is 0 Å². The van der Waals surface area contributed by atoms with E-state index in [0.29, 0.717) is 15.9 Å². The van der Waals surface area contributed by atoms with Gasteiger partial charge in [0.25, 0.3) is 0 Å². The minimum absolute atomic E-state index is 0.139. The Morgan fingerprint density at radius 2 is 2.00 bits per heavy atom. The molecule has 0 aliphatic rings. The van der Waals surface area contributed by atoms with E-state index in [-0.39, 0.29) is 11.7 Å². The van der Waals surface area contributed by atoms with Gasteiger partial charge in [-0.15, -0.1) is 10.2 Å². The van der Waals surface area contributed by atoms with Crippen LogP contribution in [-0.4, -0.2) is 26.3 Å². The Hall–Kier alpha value is -2.57. The van der Waals surface area contributed by atoms with E-state index in [9.17, 15) is 4.79 Å². The highest BCUT2D eigenvalue weighted by Crippen LogP contribution is 2.27. The Bertz CT molecular complexity index is 1190. The standard InChI is InChI=1S/C21H19ClN4OS/c1-3-14-8-9-18-15(11-14)10-13(2)20-24-25-21(26(18)20)28-12-19(27)23-17-7-5-4-6-16(17)22/h4-11H,3,12H2,1-2H3,(H,23,27). The zero-order chi connectivity index (χ0) is 19.7. The molecule has 0 spiro atoms. The number of rotatable bonds is 5. The van der Waals surface area contributed by atoms with Crippen molar-refractivity contribution in [3.05, 3.63) is 64.7 Å². The Labute approximate surface area is 172 Å². The zero-order valence-electron chi connectivity index (χ0n) is 15.6. The smallest absolute Gasteiger partial charge is 0.234 e. The number of thioether (sulfide) groups is 1. The number of pyridine rings is 1. The van der Waals surface area contributed by atoms with Crippen LogP contribution in [0.2, 0.25) is 5.02 Å². The minimum Gasteiger partial charge on any atom is -0.324 e. The Balaban J connectivity index is 1.62. The molecule has 142 valence electrons. The van der Waals surface area contributed by atoms with Crippen molar-refractivity contribution < 1.29 is 4.79 Å². The first kappa shape index (κ1) is 18.8. The summed E-state index contributed by atoms with van der Waals surface area (Å²) in [6, 6.07) is 15.7. The summed E-state index contributed by atoms with van der Waals surface area (Å²) in [5, 5.41) is 13.8. The van der Waals surface area contributed by atoms with Crippen molar-refractivity contribution in [1.82, 2.24) is 14.6 Å². The third kappa shape index (κ3) is 3.57. The number of nitrogens with one attached hydrogen (secondary N) is 1. The van der Waals surface area contributed by atoms with E-state index in [1.54, 1.807) is 12.1 Å². The molecule has 0 fully saturated rings. The molecule has 1 N–H and O–H groups in total. The van der Waals surface area contributed by atoms with Crippen LogP contribution in [-0.2, 0) is 11.2 Å². The molecule has 0 radical (unpaired) electrons. The van der Waals surface area contributed by atoms with E-state index in [1.807, 2.05) is 23.5 Å². The van der Waals surface area contributed by atoms with Crippen molar-refractivity contribution in [3.63, 3.8) is 0 Å². The Morgan fingerprint density at radius 1 is 1.18 bits per heavy atom. The van der Waals surface area contributed by atoms with Crippen LogP contribution in [0.4, 0.5) is 5.69 Å². The zero-order valence-corrected chi connectivity index (χ0v) is 17.1. The number of hydrogen-bond acceptors (Lipinski definition) is 4. The topological polar surface area (TPSA) is 59.3 Å². The molecule has 0 unspecified atom stereocenters. The molecule has 0 atom stereocenters. The second-order valence-electron chi connectivity index (χ2n) is 6.53.